The molecule has 2 atom stereocenters. The minimum atomic E-state index is -4.33. The minimum Gasteiger partial charge on any atom is -0.453 e. The third kappa shape index (κ3) is 5.22. The van der Waals surface area contributed by atoms with E-state index in [2.05, 4.69) is 0 Å². The maximum absolute atomic E-state index is 13.3. The van der Waals surface area contributed by atoms with Gasteiger partial charge >= 0.3 is 12.3 Å². The van der Waals surface area contributed by atoms with Crippen LogP contribution in [-0.4, -0.2) is 49.4 Å². The van der Waals surface area contributed by atoms with Gasteiger partial charge in [0.1, 0.15) is 0 Å². The van der Waals surface area contributed by atoms with Crippen LogP contribution in [0.3, 0.4) is 0 Å². The first kappa shape index (κ1) is 21.9. The third-order valence-electron chi connectivity index (χ3n) is 6.12. The highest BCUT2D eigenvalue weighted by Gasteiger charge is 2.37. The van der Waals surface area contributed by atoms with Crippen LogP contribution < -0.4 is 5.73 Å². The van der Waals surface area contributed by atoms with E-state index in [0.717, 1.165) is 18.9 Å². The number of hydrogen-bond donors (Lipinski definition) is 1. The number of amides is 1. The van der Waals surface area contributed by atoms with Crippen LogP contribution in [0.2, 0.25) is 0 Å². The number of ether oxygens (including phenoxy) is 2. The van der Waals surface area contributed by atoms with Gasteiger partial charge in [-0.3, -0.25) is 0 Å². The number of carbonyl (C=O) groups excluding carboxylic acids is 1. The van der Waals surface area contributed by atoms with Gasteiger partial charge in [-0.1, -0.05) is 18.2 Å². The SMILES string of the molecule is COC(=O)N1CCCC(N)[C@@H]1CO[C@H]1CC[C@@H](c2ccccc2C(F)(F)F)CC1. The van der Waals surface area contributed by atoms with Gasteiger partial charge in [-0.2, -0.15) is 13.2 Å². The molecule has 2 aliphatic rings. The summed E-state index contributed by atoms with van der Waals surface area (Å²) >= 11 is 0. The van der Waals surface area contributed by atoms with Gasteiger partial charge < -0.3 is 20.1 Å². The average molecular weight is 414 g/mol. The lowest BCUT2D eigenvalue weighted by molar-refractivity contribution is -0.138. The van der Waals surface area contributed by atoms with Crippen LogP contribution in [-0.2, 0) is 15.7 Å². The summed E-state index contributed by atoms with van der Waals surface area (Å²) in [6.45, 7) is 0.917. The van der Waals surface area contributed by atoms with Crippen LogP contribution in [0, 0.1) is 0 Å². The Balaban J connectivity index is 1.56. The van der Waals surface area contributed by atoms with Crippen molar-refractivity contribution in [3.8, 4) is 0 Å². The quantitative estimate of drug-likeness (QED) is 0.798. The molecule has 1 aromatic rings. The van der Waals surface area contributed by atoms with E-state index in [1.54, 1.807) is 17.0 Å². The Bertz CT molecular complexity index is 690. The fraction of sp³-hybridized carbons (Fsp3) is 0.667. The molecule has 2 N–H and O–H groups in total. The summed E-state index contributed by atoms with van der Waals surface area (Å²) in [6, 6.07) is 5.44. The molecule has 1 unspecified atom stereocenters. The molecule has 8 heteroatoms. The average Bonchev–Trinajstić information content (AvgIpc) is 2.72. The van der Waals surface area contributed by atoms with Crippen LogP contribution in [0.4, 0.5) is 18.0 Å². The highest BCUT2D eigenvalue weighted by Crippen LogP contribution is 2.41. The summed E-state index contributed by atoms with van der Waals surface area (Å²) < 4.78 is 50.8. The van der Waals surface area contributed by atoms with Gasteiger partial charge in [-0.25, -0.2) is 4.79 Å². The van der Waals surface area contributed by atoms with Crippen molar-refractivity contribution >= 4 is 6.09 Å². The zero-order valence-corrected chi connectivity index (χ0v) is 16.7. The van der Waals surface area contributed by atoms with Crippen molar-refractivity contribution in [2.75, 3.05) is 20.3 Å². The lowest BCUT2D eigenvalue weighted by Crippen LogP contribution is -2.56. The smallest absolute Gasteiger partial charge is 0.416 e. The molecule has 1 aromatic carbocycles. The first-order chi connectivity index (χ1) is 13.8. The molecule has 3 rings (SSSR count). The monoisotopic (exact) mass is 414 g/mol. The second-order valence-electron chi connectivity index (χ2n) is 7.93. The van der Waals surface area contributed by atoms with Crippen molar-refractivity contribution in [1.29, 1.82) is 0 Å². The zero-order chi connectivity index (χ0) is 21.0. The number of hydrogen-bond acceptors (Lipinski definition) is 4. The summed E-state index contributed by atoms with van der Waals surface area (Å²) in [4.78, 5) is 13.6. The lowest BCUT2D eigenvalue weighted by Gasteiger charge is -2.39. The molecular weight excluding hydrogens is 385 g/mol. The molecule has 1 heterocycles. The maximum atomic E-state index is 13.3. The molecule has 0 spiro atoms. The Kier molecular flexibility index (Phi) is 7.05. The number of likely N-dealkylation sites (tertiary alicyclic amines) is 1. The number of carbonyl (C=O) groups is 1. The van der Waals surface area contributed by atoms with Gasteiger partial charge in [0.2, 0.25) is 0 Å². The predicted molar refractivity (Wildman–Crippen MR) is 103 cm³/mol. The zero-order valence-electron chi connectivity index (χ0n) is 16.7. The third-order valence-corrected chi connectivity index (χ3v) is 6.12. The van der Waals surface area contributed by atoms with E-state index in [-0.39, 0.29) is 24.1 Å². The molecule has 1 aliphatic heterocycles. The summed E-state index contributed by atoms with van der Waals surface area (Å²) in [5.41, 5.74) is 6.04. The molecule has 29 heavy (non-hydrogen) atoms. The highest BCUT2D eigenvalue weighted by atomic mass is 19.4. The van der Waals surface area contributed by atoms with E-state index in [1.807, 2.05) is 0 Å². The van der Waals surface area contributed by atoms with Crippen LogP contribution in [0.15, 0.2) is 24.3 Å². The summed E-state index contributed by atoms with van der Waals surface area (Å²) in [5, 5.41) is 0. The molecule has 1 saturated carbocycles. The van der Waals surface area contributed by atoms with E-state index in [9.17, 15) is 18.0 Å². The number of methoxy groups -OCH3 is 1. The number of nitrogens with zero attached hydrogens (tertiary/aromatic N) is 1. The van der Waals surface area contributed by atoms with Crippen molar-refractivity contribution in [2.45, 2.75) is 68.8 Å². The molecule has 1 amide bonds. The second-order valence-corrected chi connectivity index (χ2v) is 7.93. The van der Waals surface area contributed by atoms with Gasteiger partial charge in [0, 0.05) is 12.6 Å². The Hall–Kier alpha value is -1.80. The van der Waals surface area contributed by atoms with E-state index in [0.29, 0.717) is 44.4 Å². The lowest BCUT2D eigenvalue weighted by atomic mass is 9.81. The fourth-order valence-electron chi connectivity index (χ4n) is 4.53. The highest BCUT2D eigenvalue weighted by molar-refractivity contribution is 5.68. The number of benzene rings is 1. The molecule has 1 aliphatic carbocycles. The van der Waals surface area contributed by atoms with E-state index < -0.39 is 17.8 Å². The molecule has 2 fully saturated rings. The topological polar surface area (TPSA) is 64.8 Å². The molecule has 0 radical (unpaired) electrons. The maximum Gasteiger partial charge on any atom is 0.416 e. The minimum absolute atomic E-state index is 0.0297. The van der Waals surface area contributed by atoms with Crippen molar-refractivity contribution in [3.05, 3.63) is 35.4 Å². The van der Waals surface area contributed by atoms with Crippen molar-refractivity contribution in [1.82, 2.24) is 4.90 Å². The van der Waals surface area contributed by atoms with Crippen LogP contribution in [0.5, 0.6) is 0 Å². The number of nitrogens with two attached hydrogens (primary N) is 1. The molecule has 162 valence electrons. The summed E-state index contributed by atoms with van der Waals surface area (Å²) in [6.07, 6.45) is -0.435. The van der Waals surface area contributed by atoms with Gasteiger partial charge in [0.25, 0.3) is 0 Å². The van der Waals surface area contributed by atoms with Gasteiger partial charge in [-0.15, -0.1) is 0 Å². The first-order valence-corrected chi connectivity index (χ1v) is 10.2. The Morgan fingerprint density at radius 3 is 2.52 bits per heavy atom. The van der Waals surface area contributed by atoms with Crippen molar-refractivity contribution < 1.29 is 27.4 Å². The van der Waals surface area contributed by atoms with Gasteiger partial charge in [0.05, 0.1) is 31.4 Å². The molecule has 0 aromatic heterocycles. The standard InChI is InChI=1S/C21H29F3N2O3/c1-28-20(27)26-12-4-7-18(25)19(26)13-29-15-10-8-14(9-11-15)16-5-2-3-6-17(16)21(22,23)24/h2-3,5-6,14-15,18-19H,4,7-13,25H2,1H3/t14-,15+,18?,19-/m0/s1. The van der Waals surface area contributed by atoms with E-state index in [4.69, 9.17) is 15.2 Å². The first-order valence-electron chi connectivity index (χ1n) is 10.2. The van der Waals surface area contributed by atoms with Crippen LogP contribution >= 0.6 is 0 Å². The molecular formula is C21H29F3N2O3. The number of halogens is 3. The van der Waals surface area contributed by atoms with Gasteiger partial charge in [0.15, 0.2) is 0 Å². The fourth-order valence-corrected chi connectivity index (χ4v) is 4.53. The Morgan fingerprint density at radius 2 is 1.86 bits per heavy atom. The second kappa shape index (κ2) is 9.34. The summed E-state index contributed by atoms with van der Waals surface area (Å²) in [5.74, 6) is -0.115. The largest absolute Gasteiger partial charge is 0.453 e. The Morgan fingerprint density at radius 1 is 1.17 bits per heavy atom. The number of rotatable bonds is 4. The molecule has 0 bridgehead atoms. The van der Waals surface area contributed by atoms with Crippen LogP contribution in [0.25, 0.3) is 0 Å². The van der Waals surface area contributed by atoms with Gasteiger partial charge in [-0.05, 0) is 56.1 Å². The summed E-state index contributed by atoms with van der Waals surface area (Å²) in [7, 11) is 1.35. The Labute approximate surface area is 169 Å². The molecule has 1 saturated heterocycles. The van der Waals surface area contributed by atoms with E-state index >= 15 is 0 Å². The molecule has 5 nitrogen and oxygen atoms in total. The predicted octanol–water partition coefficient (Wildman–Crippen LogP) is 4.31. The normalized spacial score (nSPS) is 28.2. The van der Waals surface area contributed by atoms with Crippen molar-refractivity contribution in [3.63, 3.8) is 0 Å². The number of alkyl halides is 3. The van der Waals surface area contributed by atoms with Crippen molar-refractivity contribution in [2.24, 2.45) is 5.73 Å². The van der Waals surface area contributed by atoms with E-state index in [1.165, 1.54) is 13.2 Å². The number of piperidine rings is 1. The van der Waals surface area contributed by atoms with Crippen LogP contribution in [0.1, 0.15) is 55.6 Å².